The monoisotopic (exact) mass is 560 g/mol. The Morgan fingerprint density at radius 3 is 2.47 bits per heavy atom. The van der Waals surface area contributed by atoms with Crippen LogP contribution in [-0.4, -0.2) is 35.4 Å². The van der Waals surface area contributed by atoms with Gasteiger partial charge in [0.05, 0.1) is 15.1 Å². The first-order valence-electron chi connectivity index (χ1n) is 10.4. The molecule has 2 aromatic carbocycles. The highest BCUT2D eigenvalue weighted by atomic mass is 79.9. The second kappa shape index (κ2) is 11.6. The standard InChI is InChI=1S/C23H24BrCl3N2O3/c1-14(23(31)28-17-4-2-3-5-17)29(12-15-6-8-18(25)19(26)10-15)22(30)13-32-21-9-7-16(24)11-20(21)27/h6-11,14,17H,2-5,12-13H2,1H3,(H,28,31)/t14-/m1/s1. The van der Waals surface area contributed by atoms with E-state index in [9.17, 15) is 9.59 Å². The van der Waals surface area contributed by atoms with Crippen molar-refractivity contribution in [3.8, 4) is 5.75 Å². The van der Waals surface area contributed by atoms with Gasteiger partial charge in [-0.1, -0.05) is 69.6 Å². The van der Waals surface area contributed by atoms with Gasteiger partial charge >= 0.3 is 0 Å². The summed E-state index contributed by atoms with van der Waals surface area (Å²) in [5, 5.41) is 4.26. The summed E-state index contributed by atoms with van der Waals surface area (Å²) in [7, 11) is 0. The predicted octanol–water partition coefficient (Wildman–Crippen LogP) is 6.26. The van der Waals surface area contributed by atoms with E-state index in [2.05, 4.69) is 21.2 Å². The van der Waals surface area contributed by atoms with E-state index in [1.54, 1.807) is 43.3 Å². The van der Waals surface area contributed by atoms with E-state index in [-0.39, 0.29) is 31.0 Å². The molecule has 1 N–H and O–H groups in total. The molecule has 2 amide bonds. The fraction of sp³-hybridized carbons (Fsp3) is 0.391. The Labute approximate surface area is 211 Å². The quantitative estimate of drug-likeness (QED) is 0.413. The molecule has 1 fully saturated rings. The number of amides is 2. The van der Waals surface area contributed by atoms with Crippen LogP contribution in [0.15, 0.2) is 40.9 Å². The molecular weight excluding hydrogens is 539 g/mol. The van der Waals surface area contributed by atoms with E-state index in [0.717, 1.165) is 35.7 Å². The first-order valence-corrected chi connectivity index (χ1v) is 12.3. The Kier molecular flexibility index (Phi) is 9.12. The topological polar surface area (TPSA) is 58.6 Å². The molecule has 0 saturated heterocycles. The van der Waals surface area contributed by atoms with Crippen molar-refractivity contribution in [1.29, 1.82) is 0 Å². The van der Waals surface area contributed by atoms with Gasteiger partial charge in [0.15, 0.2) is 6.61 Å². The summed E-state index contributed by atoms with van der Waals surface area (Å²) in [6.45, 7) is 1.64. The zero-order chi connectivity index (χ0) is 23.3. The number of carbonyl (C=O) groups is 2. The van der Waals surface area contributed by atoms with Crippen molar-refractivity contribution in [2.24, 2.45) is 0 Å². The van der Waals surface area contributed by atoms with Gasteiger partial charge in [0.1, 0.15) is 11.8 Å². The maximum Gasteiger partial charge on any atom is 0.261 e. The molecule has 32 heavy (non-hydrogen) atoms. The molecule has 2 aromatic rings. The highest BCUT2D eigenvalue weighted by molar-refractivity contribution is 9.10. The van der Waals surface area contributed by atoms with Crippen molar-refractivity contribution in [2.75, 3.05) is 6.61 Å². The lowest BCUT2D eigenvalue weighted by molar-refractivity contribution is -0.142. The third-order valence-corrected chi connectivity index (χ3v) is 6.98. The summed E-state index contributed by atoms with van der Waals surface area (Å²) >= 11 is 21.7. The average molecular weight is 563 g/mol. The van der Waals surface area contributed by atoms with E-state index in [4.69, 9.17) is 39.5 Å². The second-order valence-electron chi connectivity index (χ2n) is 7.80. The summed E-state index contributed by atoms with van der Waals surface area (Å²) in [5.74, 6) is -0.142. The second-order valence-corrected chi connectivity index (χ2v) is 9.94. The molecule has 1 aliphatic carbocycles. The number of hydrogen-bond acceptors (Lipinski definition) is 3. The van der Waals surface area contributed by atoms with E-state index < -0.39 is 6.04 Å². The fourth-order valence-corrected chi connectivity index (χ4v) is 4.67. The molecule has 1 aliphatic rings. The highest BCUT2D eigenvalue weighted by Crippen LogP contribution is 2.28. The number of hydrogen-bond donors (Lipinski definition) is 1. The largest absolute Gasteiger partial charge is 0.482 e. The number of benzene rings is 2. The van der Waals surface area contributed by atoms with Crippen LogP contribution < -0.4 is 10.1 Å². The van der Waals surface area contributed by atoms with Gasteiger partial charge in [0.2, 0.25) is 5.91 Å². The van der Waals surface area contributed by atoms with Gasteiger partial charge in [0.25, 0.3) is 5.91 Å². The van der Waals surface area contributed by atoms with Crippen LogP contribution in [0.5, 0.6) is 5.75 Å². The first kappa shape index (κ1) is 25.2. The Morgan fingerprint density at radius 2 is 1.81 bits per heavy atom. The Bertz CT molecular complexity index is 983. The molecule has 0 bridgehead atoms. The minimum Gasteiger partial charge on any atom is -0.482 e. The number of ether oxygens (including phenoxy) is 1. The van der Waals surface area contributed by atoms with Crippen LogP contribution in [0.2, 0.25) is 15.1 Å². The molecule has 0 aliphatic heterocycles. The van der Waals surface area contributed by atoms with E-state index in [1.807, 2.05) is 0 Å². The number of nitrogens with one attached hydrogen (secondary N) is 1. The van der Waals surface area contributed by atoms with Gasteiger partial charge in [-0.25, -0.2) is 0 Å². The lowest BCUT2D eigenvalue weighted by atomic mass is 10.1. The zero-order valence-electron chi connectivity index (χ0n) is 17.5. The Morgan fingerprint density at radius 1 is 1.09 bits per heavy atom. The van der Waals surface area contributed by atoms with Crippen LogP contribution >= 0.6 is 50.7 Å². The molecule has 172 valence electrons. The zero-order valence-corrected chi connectivity index (χ0v) is 21.4. The van der Waals surface area contributed by atoms with E-state index in [0.29, 0.717) is 20.8 Å². The Hall–Kier alpha value is -1.47. The molecule has 3 rings (SSSR count). The molecule has 9 heteroatoms. The van der Waals surface area contributed by atoms with Gasteiger partial charge in [-0.2, -0.15) is 0 Å². The van der Waals surface area contributed by atoms with Crippen molar-refractivity contribution in [1.82, 2.24) is 10.2 Å². The van der Waals surface area contributed by atoms with Crippen molar-refractivity contribution in [2.45, 2.75) is 51.2 Å². The van der Waals surface area contributed by atoms with E-state index in [1.165, 1.54) is 4.90 Å². The van der Waals surface area contributed by atoms with Gasteiger partial charge < -0.3 is 15.0 Å². The molecule has 0 aromatic heterocycles. The SMILES string of the molecule is C[C@H](C(=O)NC1CCCC1)N(Cc1ccc(Cl)c(Cl)c1)C(=O)COc1ccc(Br)cc1Cl. The number of halogens is 4. The molecule has 5 nitrogen and oxygen atoms in total. The van der Waals surface area contributed by atoms with E-state index >= 15 is 0 Å². The van der Waals surface area contributed by atoms with Crippen LogP contribution in [0, 0.1) is 0 Å². The summed E-state index contributed by atoms with van der Waals surface area (Å²) in [4.78, 5) is 27.5. The molecule has 0 radical (unpaired) electrons. The maximum absolute atomic E-state index is 13.1. The first-order chi connectivity index (χ1) is 15.2. The van der Waals surface area contributed by atoms with Crippen LogP contribution in [0.3, 0.4) is 0 Å². The van der Waals surface area contributed by atoms with Crippen molar-refractivity contribution < 1.29 is 14.3 Å². The van der Waals surface area contributed by atoms with Gasteiger partial charge in [-0.3, -0.25) is 9.59 Å². The van der Waals surface area contributed by atoms with Crippen molar-refractivity contribution >= 4 is 62.5 Å². The normalized spacial score (nSPS) is 14.8. The fourth-order valence-electron chi connectivity index (χ4n) is 3.62. The van der Waals surface area contributed by atoms with Crippen LogP contribution in [0.1, 0.15) is 38.2 Å². The van der Waals surface area contributed by atoms with Gasteiger partial charge in [-0.05, 0) is 55.7 Å². The summed E-state index contributed by atoms with van der Waals surface area (Å²) in [6.07, 6.45) is 4.13. The lowest BCUT2D eigenvalue weighted by Crippen LogP contribution is -2.50. The predicted molar refractivity (Wildman–Crippen MR) is 132 cm³/mol. The molecule has 0 spiro atoms. The van der Waals surface area contributed by atoms with Gasteiger partial charge in [-0.15, -0.1) is 0 Å². The molecule has 1 saturated carbocycles. The summed E-state index contributed by atoms with van der Waals surface area (Å²) in [6, 6.07) is 9.75. The minimum atomic E-state index is -0.693. The Balaban J connectivity index is 1.75. The molecule has 0 heterocycles. The summed E-state index contributed by atoms with van der Waals surface area (Å²) in [5.41, 5.74) is 0.759. The number of rotatable bonds is 8. The van der Waals surface area contributed by atoms with Crippen LogP contribution in [-0.2, 0) is 16.1 Å². The van der Waals surface area contributed by atoms with Crippen LogP contribution in [0.25, 0.3) is 0 Å². The average Bonchev–Trinajstić information content (AvgIpc) is 3.26. The maximum atomic E-state index is 13.1. The third kappa shape index (κ3) is 6.77. The molecular formula is C23H24BrCl3N2O3. The highest BCUT2D eigenvalue weighted by Gasteiger charge is 2.29. The minimum absolute atomic E-state index is 0.157. The smallest absolute Gasteiger partial charge is 0.261 e. The van der Waals surface area contributed by atoms with Crippen LogP contribution in [0.4, 0.5) is 0 Å². The molecule has 0 unspecified atom stereocenters. The number of nitrogens with zero attached hydrogens (tertiary/aromatic N) is 1. The third-order valence-electron chi connectivity index (χ3n) is 5.45. The summed E-state index contributed by atoms with van der Waals surface area (Å²) < 4.78 is 6.46. The van der Waals surface area contributed by atoms with Crippen molar-refractivity contribution in [3.05, 3.63) is 61.5 Å². The number of carbonyl (C=O) groups excluding carboxylic acids is 2. The lowest BCUT2D eigenvalue weighted by Gasteiger charge is -2.29. The van der Waals surface area contributed by atoms with Gasteiger partial charge in [0, 0.05) is 17.1 Å². The molecule has 1 atom stereocenters. The van der Waals surface area contributed by atoms with Crippen molar-refractivity contribution in [3.63, 3.8) is 0 Å².